The summed E-state index contributed by atoms with van der Waals surface area (Å²) < 4.78 is 35.2. The highest BCUT2D eigenvalue weighted by atomic mass is 79.9. The van der Waals surface area contributed by atoms with Crippen LogP contribution in [-0.2, 0) is 24.4 Å². The number of benzene rings is 3. The van der Waals surface area contributed by atoms with Gasteiger partial charge in [-0.3, -0.25) is 9.69 Å². The molecule has 3 aliphatic heterocycles. The van der Waals surface area contributed by atoms with E-state index in [1.54, 1.807) is 20.3 Å². The zero-order valence-corrected chi connectivity index (χ0v) is 22.8. The van der Waals surface area contributed by atoms with E-state index in [0.717, 1.165) is 38.0 Å². The molecule has 6 rings (SSSR count). The lowest BCUT2D eigenvalue weighted by Gasteiger charge is -2.30. The minimum atomic E-state index is -0.155. The van der Waals surface area contributed by atoms with Crippen molar-refractivity contribution in [3.8, 4) is 28.7 Å². The van der Waals surface area contributed by atoms with Crippen LogP contribution in [-0.4, -0.2) is 38.4 Å². The molecule has 0 N–H and O–H groups in total. The number of aryl methyl sites for hydroxylation is 1. The molecule has 0 saturated heterocycles. The maximum Gasteiger partial charge on any atom is 0.232 e. The van der Waals surface area contributed by atoms with Crippen molar-refractivity contribution >= 4 is 27.8 Å². The van der Waals surface area contributed by atoms with Gasteiger partial charge in [-0.25, -0.2) is 0 Å². The molecule has 0 saturated carbocycles. The van der Waals surface area contributed by atoms with Crippen LogP contribution in [0.5, 0.6) is 28.7 Å². The van der Waals surface area contributed by atoms with Crippen LogP contribution in [0.2, 0.25) is 0 Å². The third-order valence-electron chi connectivity index (χ3n) is 6.83. The number of carbonyl (C=O) groups is 1. The van der Waals surface area contributed by atoms with Crippen LogP contribution in [0.25, 0.3) is 6.08 Å². The third-order valence-corrected chi connectivity index (χ3v) is 7.29. The second-order valence-corrected chi connectivity index (χ2v) is 10.3. The fourth-order valence-electron chi connectivity index (χ4n) is 5.07. The van der Waals surface area contributed by atoms with Crippen molar-refractivity contribution in [1.82, 2.24) is 4.90 Å². The number of halogens is 1. The molecule has 0 spiro atoms. The highest BCUT2D eigenvalue weighted by Gasteiger charge is 2.36. The first-order valence-corrected chi connectivity index (χ1v) is 12.9. The summed E-state index contributed by atoms with van der Waals surface area (Å²) in [5, 5.41) is 0. The molecule has 38 heavy (non-hydrogen) atoms. The summed E-state index contributed by atoms with van der Waals surface area (Å²) in [5.74, 6) is 3.44. The molecule has 196 valence electrons. The van der Waals surface area contributed by atoms with Crippen molar-refractivity contribution in [2.45, 2.75) is 26.6 Å². The Hall–Kier alpha value is -3.53. The molecule has 0 bridgehead atoms. The van der Waals surface area contributed by atoms with Gasteiger partial charge >= 0.3 is 0 Å². The maximum absolute atomic E-state index is 13.5. The lowest BCUT2D eigenvalue weighted by Crippen LogP contribution is -2.31. The van der Waals surface area contributed by atoms with Crippen molar-refractivity contribution in [2.75, 3.05) is 27.7 Å². The van der Waals surface area contributed by atoms with Gasteiger partial charge in [-0.05, 0) is 54.5 Å². The van der Waals surface area contributed by atoms with E-state index in [9.17, 15) is 4.79 Å². The molecule has 0 unspecified atom stereocenters. The topological polar surface area (TPSA) is 75.7 Å². The number of allylic oxidation sites excluding steroid dienone is 1. The van der Waals surface area contributed by atoms with Crippen LogP contribution in [0, 0.1) is 6.92 Å². The number of fused-ring (bicyclic) bond motifs is 4. The predicted octanol–water partition coefficient (Wildman–Crippen LogP) is 5.61. The highest BCUT2D eigenvalue weighted by molar-refractivity contribution is 9.10. The zero-order chi connectivity index (χ0) is 26.4. The van der Waals surface area contributed by atoms with Crippen molar-refractivity contribution in [2.24, 2.45) is 0 Å². The minimum absolute atomic E-state index is 0.155. The average Bonchev–Trinajstić information content (AvgIpc) is 3.25. The van der Waals surface area contributed by atoms with Gasteiger partial charge in [0.05, 0.1) is 32.0 Å². The Morgan fingerprint density at radius 2 is 1.89 bits per heavy atom. The van der Waals surface area contributed by atoms with Crippen LogP contribution in [0.4, 0.5) is 0 Å². The van der Waals surface area contributed by atoms with Gasteiger partial charge in [0.2, 0.25) is 5.78 Å². The summed E-state index contributed by atoms with van der Waals surface area (Å²) in [6, 6.07) is 11.6. The number of methoxy groups -OCH3 is 2. The van der Waals surface area contributed by atoms with E-state index in [1.807, 2.05) is 43.3 Å². The van der Waals surface area contributed by atoms with Crippen molar-refractivity contribution in [3.63, 3.8) is 0 Å². The van der Waals surface area contributed by atoms with Crippen molar-refractivity contribution < 1.29 is 33.2 Å². The number of carbonyl (C=O) groups excluding carboxylic acids is 1. The number of Topliss-reactive ketones (excluding diaryl/α,β-unsaturated/α-hetero) is 1. The van der Waals surface area contributed by atoms with Gasteiger partial charge in [0, 0.05) is 28.7 Å². The van der Waals surface area contributed by atoms with Gasteiger partial charge in [0.15, 0.2) is 24.1 Å². The minimum Gasteiger partial charge on any atom is -0.493 e. The van der Waals surface area contributed by atoms with E-state index >= 15 is 0 Å². The Bertz CT molecular complexity index is 1480. The standard InChI is InChI=1S/C29H26BrNO7/c1-16-6-23-21(12-31(14-36-23)11-17-4-5-22(33-2)24(7-17)34-3)29-26(16)27(32)25(38-29)10-18-8-20(30)9-19-13-35-15-37-28(18)19/h4-10H,11-15H2,1-3H3/b25-10-. The molecule has 8 nitrogen and oxygen atoms in total. The number of rotatable bonds is 5. The van der Waals surface area contributed by atoms with E-state index in [-0.39, 0.29) is 18.3 Å². The second kappa shape index (κ2) is 9.98. The molecular weight excluding hydrogens is 554 g/mol. The molecule has 3 aromatic carbocycles. The SMILES string of the molecule is COc1ccc(CN2COc3cc(C)c4c(c3C2)O/C(=C\c2cc(Br)cc3c2OCOC3)C4=O)cc1OC. The summed E-state index contributed by atoms with van der Waals surface area (Å²) in [6.45, 7) is 4.13. The lowest BCUT2D eigenvalue weighted by atomic mass is 9.98. The van der Waals surface area contributed by atoms with Crippen molar-refractivity contribution in [3.05, 3.63) is 80.0 Å². The molecule has 0 atom stereocenters. The first-order valence-electron chi connectivity index (χ1n) is 12.1. The quantitative estimate of drug-likeness (QED) is 0.361. The van der Waals surface area contributed by atoms with Crippen LogP contribution in [0.15, 0.2) is 46.6 Å². The van der Waals surface area contributed by atoms with Gasteiger partial charge in [-0.1, -0.05) is 22.0 Å². The van der Waals surface area contributed by atoms with Crippen LogP contribution in [0.3, 0.4) is 0 Å². The summed E-state index contributed by atoms with van der Waals surface area (Å²) in [6.07, 6.45) is 1.74. The number of hydrogen-bond acceptors (Lipinski definition) is 8. The second-order valence-electron chi connectivity index (χ2n) is 9.36. The molecule has 0 aromatic heterocycles. The third kappa shape index (κ3) is 4.40. The molecule has 0 radical (unpaired) electrons. The first-order chi connectivity index (χ1) is 18.4. The Kier molecular flexibility index (Phi) is 6.51. The van der Waals surface area contributed by atoms with Gasteiger partial charge in [-0.2, -0.15) is 0 Å². The molecule has 3 aliphatic rings. The molecule has 0 aliphatic carbocycles. The van der Waals surface area contributed by atoms with E-state index in [2.05, 4.69) is 20.8 Å². The summed E-state index contributed by atoms with van der Waals surface area (Å²) >= 11 is 3.54. The normalized spacial score (nSPS) is 17.2. The van der Waals surface area contributed by atoms with Gasteiger partial charge < -0.3 is 28.4 Å². The Labute approximate surface area is 228 Å². The zero-order valence-electron chi connectivity index (χ0n) is 21.3. The van der Waals surface area contributed by atoms with Crippen LogP contribution in [0.1, 0.15) is 38.2 Å². The van der Waals surface area contributed by atoms with Crippen molar-refractivity contribution in [1.29, 1.82) is 0 Å². The Balaban J connectivity index is 1.31. The van der Waals surface area contributed by atoms with Crippen LogP contribution >= 0.6 is 15.9 Å². The van der Waals surface area contributed by atoms with E-state index < -0.39 is 0 Å². The van der Waals surface area contributed by atoms with Gasteiger partial charge in [0.25, 0.3) is 0 Å². The summed E-state index contributed by atoms with van der Waals surface area (Å²) in [7, 11) is 3.24. The predicted molar refractivity (Wildman–Crippen MR) is 143 cm³/mol. The first kappa shape index (κ1) is 24.8. The number of ether oxygens (including phenoxy) is 6. The van der Waals surface area contributed by atoms with E-state index in [4.69, 9.17) is 28.4 Å². The molecular formula is C29H26BrNO7. The number of nitrogens with zero attached hydrogens (tertiary/aromatic N) is 1. The largest absolute Gasteiger partial charge is 0.493 e. The van der Waals surface area contributed by atoms with Gasteiger partial charge in [-0.15, -0.1) is 0 Å². The average molecular weight is 580 g/mol. The maximum atomic E-state index is 13.5. The fourth-order valence-corrected chi connectivity index (χ4v) is 5.59. The summed E-state index contributed by atoms with van der Waals surface area (Å²) in [5.41, 5.74) is 4.97. The monoisotopic (exact) mass is 579 g/mol. The highest BCUT2D eigenvalue weighted by Crippen LogP contribution is 2.45. The molecule has 0 amide bonds. The Morgan fingerprint density at radius 1 is 1.05 bits per heavy atom. The Morgan fingerprint density at radius 3 is 2.71 bits per heavy atom. The van der Waals surface area contributed by atoms with E-state index in [1.165, 1.54) is 0 Å². The molecule has 9 heteroatoms. The molecule has 3 aromatic rings. The van der Waals surface area contributed by atoms with E-state index in [0.29, 0.717) is 55.0 Å². The summed E-state index contributed by atoms with van der Waals surface area (Å²) in [4.78, 5) is 15.7. The molecule has 0 fully saturated rings. The smallest absolute Gasteiger partial charge is 0.232 e. The fraction of sp³-hybridized carbons (Fsp3) is 0.276. The number of ketones is 1. The number of hydrogen-bond donors (Lipinski definition) is 0. The lowest BCUT2D eigenvalue weighted by molar-refractivity contribution is -0.0165. The molecule has 3 heterocycles. The van der Waals surface area contributed by atoms with Crippen LogP contribution < -0.4 is 23.7 Å². The van der Waals surface area contributed by atoms with Gasteiger partial charge in [0.1, 0.15) is 24.0 Å².